The summed E-state index contributed by atoms with van der Waals surface area (Å²) in [7, 11) is 0. The van der Waals surface area contributed by atoms with E-state index in [0.717, 1.165) is 19.3 Å². The van der Waals surface area contributed by atoms with Crippen molar-refractivity contribution in [2.75, 3.05) is 0 Å². The highest BCUT2D eigenvalue weighted by molar-refractivity contribution is 5.90. The van der Waals surface area contributed by atoms with Gasteiger partial charge in [0.2, 0.25) is 0 Å². The third-order valence-electron chi connectivity index (χ3n) is 13.3. The van der Waals surface area contributed by atoms with Crippen LogP contribution in [0.4, 0.5) is 0 Å². The topological polar surface area (TPSA) is 34.1 Å². The Labute approximate surface area is 202 Å². The molecule has 5 aliphatic carbocycles. The first-order chi connectivity index (χ1) is 15.1. The lowest BCUT2D eigenvalue weighted by Crippen LogP contribution is -2.71. The number of allylic oxidation sites excluding steroid dienone is 1. The summed E-state index contributed by atoms with van der Waals surface area (Å²) in [5.41, 5.74) is 1.59. The highest BCUT2D eigenvalue weighted by Gasteiger charge is 2.74. The molecule has 9 atom stereocenters. The van der Waals surface area contributed by atoms with E-state index in [1.807, 2.05) is 0 Å². The average molecular weight is 453 g/mol. The van der Waals surface area contributed by atoms with E-state index in [-0.39, 0.29) is 39.4 Å². The van der Waals surface area contributed by atoms with Gasteiger partial charge in [-0.05, 0) is 89.8 Å². The Morgan fingerprint density at radius 3 is 2.12 bits per heavy atom. The van der Waals surface area contributed by atoms with Crippen LogP contribution in [0.1, 0.15) is 113 Å². The molecule has 2 nitrogen and oxygen atoms in total. The summed E-state index contributed by atoms with van der Waals surface area (Å²) in [6.07, 6.45) is 9.50. The van der Waals surface area contributed by atoms with Crippen molar-refractivity contribution in [3.63, 3.8) is 0 Å². The van der Waals surface area contributed by atoms with Gasteiger partial charge in [-0.15, -0.1) is 0 Å². The van der Waals surface area contributed by atoms with Gasteiger partial charge in [0.1, 0.15) is 11.6 Å². The number of hydrogen-bond acceptors (Lipinski definition) is 2. The number of Topliss-reactive ketones (excluding diaryl/α,β-unsaturated/α-hetero) is 2. The fourth-order valence-corrected chi connectivity index (χ4v) is 11.0. The third kappa shape index (κ3) is 2.73. The zero-order valence-corrected chi connectivity index (χ0v) is 22.7. The van der Waals surface area contributed by atoms with E-state index in [0.29, 0.717) is 34.7 Å². The van der Waals surface area contributed by atoms with E-state index in [4.69, 9.17) is 6.58 Å². The van der Waals surface area contributed by atoms with Crippen molar-refractivity contribution in [3.8, 4) is 0 Å². The second kappa shape index (κ2) is 6.64. The van der Waals surface area contributed by atoms with E-state index in [1.165, 1.54) is 37.7 Å². The van der Waals surface area contributed by atoms with Gasteiger partial charge in [-0.25, -0.2) is 0 Å². The molecule has 0 aromatic rings. The van der Waals surface area contributed by atoms with E-state index in [2.05, 4.69) is 55.4 Å². The summed E-state index contributed by atoms with van der Waals surface area (Å²) in [4.78, 5) is 27.3. The molecule has 0 bridgehead atoms. The van der Waals surface area contributed by atoms with Crippen LogP contribution in [0.15, 0.2) is 12.2 Å². The van der Waals surface area contributed by atoms with Gasteiger partial charge in [0.25, 0.3) is 0 Å². The van der Waals surface area contributed by atoms with E-state index >= 15 is 0 Å². The third-order valence-corrected chi connectivity index (χ3v) is 13.3. The Balaban J connectivity index is 1.64. The van der Waals surface area contributed by atoms with Crippen molar-refractivity contribution < 1.29 is 9.59 Å². The quantitative estimate of drug-likeness (QED) is 0.351. The van der Waals surface area contributed by atoms with Crippen LogP contribution in [-0.4, -0.2) is 11.6 Å². The van der Waals surface area contributed by atoms with Gasteiger partial charge in [0.05, 0.1) is 0 Å². The van der Waals surface area contributed by atoms with Crippen LogP contribution in [0, 0.1) is 56.2 Å². The van der Waals surface area contributed by atoms with Crippen LogP contribution in [0.25, 0.3) is 0 Å². The summed E-state index contributed by atoms with van der Waals surface area (Å²) in [6, 6.07) is 0. The Morgan fingerprint density at radius 2 is 1.45 bits per heavy atom. The first-order valence-corrected chi connectivity index (χ1v) is 13.8. The number of carbonyl (C=O) groups is 2. The summed E-state index contributed by atoms with van der Waals surface area (Å²) in [5.74, 6) is 2.02. The predicted molar refractivity (Wildman–Crippen MR) is 135 cm³/mol. The summed E-state index contributed by atoms with van der Waals surface area (Å²) >= 11 is 0. The molecule has 0 aliphatic heterocycles. The first kappa shape index (κ1) is 23.8. The molecule has 9 unspecified atom stereocenters. The van der Waals surface area contributed by atoms with Crippen LogP contribution >= 0.6 is 0 Å². The summed E-state index contributed by atoms with van der Waals surface area (Å²) in [5, 5.41) is 0. The molecule has 0 radical (unpaired) electrons. The van der Waals surface area contributed by atoms with E-state index in [1.54, 1.807) is 0 Å². The number of carbonyl (C=O) groups excluding carboxylic acids is 2. The maximum atomic E-state index is 14.5. The summed E-state index contributed by atoms with van der Waals surface area (Å²) in [6.45, 7) is 23.9. The molecule has 0 aromatic carbocycles. The molecule has 0 saturated heterocycles. The molecule has 184 valence electrons. The van der Waals surface area contributed by atoms with Gasteiger partial charge in [-0.3, -0.25) is 9.59 Å². The lowest BCUT2D eigenvalue weighted by atomic mass is 9.29. The predicted octanol–water partition coefficient (Wildman–Crippen LogP) is 7.80. The molecule has 0 heterocycles. The van der Waals surface area contributed by atoms with Gasteiger partial charge in [-0.1, -0.05) is 67.5 Å². The smallest absolute Gasteiger partial charge is 0.140 e. The van der Waals surface area contributed by atoms with Crippen LogP contribution in [0.3, 0.4) is 0 Å². The Morgan fingerprint density at radius 1 is 0.818 bits per heavy atom. The summed E-state index contributed by atoms with van der Waals surface area (Å²) < 4.78 is 0. The van der Waals surface area contributed by atoms with Crippen LogP contribution in [0.2, 0.25) is 0 Å². The van der Waals surface area contributed by atoms with Crippen molar-refractivity contribution in [2.24, 2.45) is 56.2 Å². The molecular formula is C31H48O2. The van der Waals surface area contributed by atoms with Gasteiger partial charge >= 0.3 is 0 Å². The second-order valence-corrected chi connectivity index (χ2v) is 15.3. The average Bonchev–Trinajstić information content (AvgIpc) is 2.70. The van der Waals surface area contributed by atoms with E-state index in [9.17, 15) is 9.59 Å². The van der Waals surface area contributed by atoms with Crippen LogP contribution in [-0.2, 0) is 9.59 Å². The van der Waals surface area contributed by atoms with Crippen molar-refractivity contribution >= 4 is 11.6 Å². The molecular weight excluding hydrogens is 404 g/mol. The highest BCUT2D eigenvalue weighted by atomic mass is 16.1. The van der Waals surface area contributed by atoms with Gasteiger partial charge in [0, 0.05) is 24.2 Å². The molecule has 0 aromatic heterocycles. The normalized spacial score (nSPS) is 55.8. The maximum absolute atomic E-state index is 14.5. The SMILES string of the molecule is C=C1CC2(C)C(C)C(=O)CCC2C2(C)C(=O)CC3(C)C4CC(C)(C)CCC4(C)CCC3(C)C12. The number of rotatable bonds is 0. The van der Waals surface area contributed by atoms with Crippen molar-refractivity contribution in [3.05, 3.63) is 12.2 Å². The monoisotopic (exact) mass is 452 g/mol. The van der Waals surface area contributed by atoms with Crippen molar-refractivity contribution in [1.82, 2.24) is 0 Å². The molecule has 0 N–H and O–H groups in total. The minimum Gasteiger partial charge on any atom is -0.299 e. The minimum absolute atomic E-state index is 0.0196. The zero-order valence-electron chi connectivity index (χ0n) is 22.7. The Hall–Kier alpha value is -0.920. The van der Waals surface area contributed by atoms with Gasteiger partial charge in [-0.2, -0.15) is 0 Å². The molecule has 5 rings (SSSR count). The molecule has 33 heavy (non-hydrogen) atoms. The molecule has 2 heteroatoms. The Bertz CT molecular complexity index is 929. The first-order valence-electron chi connectivity index (χ1n) is 13.8. The lowest BCUT2D eigenvalue weighted by molar-refractivity contribution is -0.231. The largest absolute Gasteiger partial charge is 0.299 e. The molecule has 0 amide bonds. The van der Waals surface area contributed by atoms with Crippen LogP contribution in [0.5, 0.6) is 0 Å². The second-order valence-electron chi connectivity index (χ2n) is 15.3. The van der Waals surface area contributed by atoms with E-state index < -0.39 is 0 Å². The number of hydrogen-bond donors (Lipinski definition) is 0. The highest BCUT2D eigenvalue weighted by Crippen LogP contribution is 2.78. The molecule has 5 saturated carbocycles. The maximum Gasteiger partial charge on any atom is 0.140 e. The molecule has 0 spiro atoms. The minimum atomic E-state index is -0.384. The van der Waals surface area contributed by atoms with Crippen molar-refractivity contribution in [2.45, 2.75) is 113 Å². The molecule has 5 fully saturated rings. The fraction of sp³-hybridized carbons (Fsp3) is 0.871. The van der Waals surface area contributed by atoms with Crippen LogP contribution < -0.4 is 0 Å². The number of ketones is 2. The number of fused-ring (bicyclic) bond motifs is 7. The van der Waals surface area contributed by atoms with Gasteiger partial charge < -0.3 is 0 Å². The molecule has 5 aliphatic rings. The van der Waals surface area contributed by atoms with Gasteiger partial charge in [0.15, 0.2) is 0 Å². The zero-order chi connectivity index (χ0) is 24.4. The fourth-order valence-electron chi connectivity index (χ4n) is 11.0. The standard InChI is InChI=1S/C31H48O2/c1-19-16-28(6)20(2)21(32)10-11-22(28)31(9)24(33)18-30(8)23-17-26(3,4)12-13-27(23,5)14-15-29(30,7)25(19)31/h20,22-23,25H,1,10-18H2,2-9H3. The lowest BCUT2D eigenvalue weighted by Gasteiger charge is -2.74. The van der Waals surface area contributed by atoms with Crippen molar-refractivity contribution in [1.29, 1.82) is 0 Å². The Kier molecular flexibility index (Phi) is 4.79.